The Morgan fingerprint density at radius 2 is 1.49 bits per heavy atom. The molecule has 0 atom stereocenters. The summed E-state index contributed by atoms with van der Waals surface area (Å²) in [5.74, 6) is 0.452. The van der Waals surface area contributed by atoms with Crippen LogP contribution >= 0.6 is 0 Å². The minimum Gasteiger partial charge on any atom is -0.367 e. The van der Waals surface area contributed by atoms with Crippen LogP contribution in [0, 0.1) is 0 Å². The van der Waals surface area contributed by atoms with Crippen LogP contribution in [0.4, 0.5) is 42.6 Å². The van der Waals surface area contributed by atoms with E-state index in [-0.39, 0.29) is 5.71 Å². The molecule has 0 radical (unpaired) electrons. The lowest BCUT2D eigenvalue weighted by Crippen LogP contribution is -2.47. The first-order valence-electron chi connectivity index (χ1n) is 10.6. The number of nitrogens with zero attached hydrogens (tertiary/aromatic N) is 5. The lowest BCUT2D eigenvalue weighted by molar-refractivity contribution is -0.137. The van der Waals surface area contributed by atoms with Crippen molar-refractivity contribution in [1.82, 2.24) is 4.98 Å². The van der Waals surface area contributed by atoms with Crippen molar-refractivity contribution in [1.29, 1.82) is 0 Å². The van der Waals surface area contributed by atoms with Gasteiger partial charge in [-0.1, -0.05) is 24.3 Å². The number of hydrogen-bond donors (Lipinski definition) is 0. The fourth-order valence-corrected chi connectivity index (χ4v) is 3.79. The number of aromatic nitrogens is 1. The fraction of sp³-hybridized carbons (Fsp3) is 0.304. The molecule has 0 spiro atoms. The van der Waals surface area contributed by atoms with Crippen LogP contribution in [-0.4, -0.2) is 54.8 Å². The highest BCUT2D eigenvalue weighted by Gasteiger charge is 2.38. The van der Waals surface area contributed by atoms with E-state index in [1.165, 1.54) is 12.1 Å². The molecule has 0 unspecified atom stereocenters. The number of hydrogen-bond acceptors (Lipinski definition) is 4. The summed E-state index contributed by atoms with van der Waals surface area (Å²) in [6.07, 6.45) is -5.95. The van der Waals surface area contributed by atoms with Crippen molar-refractivity contribution in [2.24, 2.45) is 9.98 Å². The largest absolute Gasteiger partial charge is 0.430 e. The first-order valence-corrected chi connectivity index (χ1v) is 10.6. The maximum absolute atomic E-state index is 13.0. The van der Waals surface area contributed by atoms with Gasteiger partial charge >= 0.3 is 18.4 Å². The van der Waals surface area contributed by atoms with E-state index < -0.39 is 36.1 Å². The molecule has 1 fully saturated rings. The summed E-state index contributed by atoms with van der Waals surface area (Å²) < 4.78 is 77.2. The monoisotopic (exact) mass is 495 g/mol. The number of carbonyl (C=O) groups excluding carboxylic acids is 1. The second kappa shape index (κ2) is 9.51. The summed E-state index contributed by atoms with van der Waals surface area (Å²) in [5, 5.41) is 0. The van der Waals surface area contributed by atoms with Gasteiger partial charge in [0.15, 0.2) is 0 Å². The fourth-order valence-electron chi connectivity index (χ4n) is 3.79. The van der Waals surface area contributed by atoms with Crippen LogP contribution in [0.5, 0.6) is 0 Å². The maximum Gasteiger partial charge on any atom is 0.430 e. The molecule has 0 bridgehead atoms. The molecular weight excluding hydrogens is 476 g/mol. The van der Waals surface area contributed by atoms with Crippen molar-refractivity contribution in [3.8, 4) is 0 Å². The summed E-state index contributed by atoms with van der Waals surface area (Å²) in [4.78, 5) is 25.9. The highest BCUT2D eigenvalue weighted by atomic mass is 19.4. The smallest absolute Gasteiger partial charge is 0.367 e. The third-order valence-corrected chi connectivity index (χ3v) is 5.56. The molecule has 0 saturated carbocycles. The summed E-state index contributed by atoms with van der Waals surface area (Å²) in [7, 11) is 0. The van der Waals surface area contributed by atoms with Gasteiger partial charge in [-0.05, 0) is 29.8 Å². The Balaban J connectivity index is 1.44. The van der Waals surface area contributed by atoms with Crippen LogP contribution < -0.4 is 9.80 Å². The van der Waals surface area contributed by atoms with Crippen molar-refractivity contribution >= 4 is 35.0 Å². The van der Waals surface area contributed by atoms with E-state index in [1.807, 2.05) is 17.0 Å². The van der Waals surface area contributed by atoms with Gasteiger partial charge in [0.1, 0.15) is 11.5 Å². The quantitative estimate of drug-likeness (QED) is 0.533. The lowest BCUT2D eigenvalue weighted by Gasteiger charge is -2.37. The molecule has 6 nitrogen and oxygen atoms in total. The van der Waals surface area contributed by atoms with E-state index in [0.29, 0.717) is 32.0 Å². The molecule has 2 aromatic rings. The van der Waals surface area contributed by atoms with E-state index in [2.05, 4.69) is 19.9 Å². The van der Waals surface area contributed by atoms with Crippen molar-refractivity contribution < 1.29 is 31.1 Å². The minimum atomic E-state index is -4.70. The van der Waals surface area contributed by atoms with Gasteiger partial charge < -0.3 is 9.80 Å². The number of urea groups is 1. The Kier molecular flexibility index (Phi) is 6.64. The van der Waals surface area contributed by atoms with Crippen LogP contribution in [0.1, 0.15) is 17.5 Å². The van der Waals surface area contributed by atoms with Crippen LogP contribution in [0.15, 0.2) is 58.7 Å². The Morgan fingerprint density at radius 1 is 0.800 bits per heavy atom. The number of aliphatic imine (C=N–C) groups is 2. The van der Waals surface area contributed by atoms with Gasteiger partial charge in [-0.2, -0.15) is 36.3 Å². The number of pyridine rings is 1. The van der Waals surface area contributed by atoms with Gasteiger partial charge in [-0.15, -0.1) is 0 Å². The number of halogens is 6. The third kappa shape index (κ3) is 5.87. The van der Waals surface area contributed by atoms with E-state index >= 15 is 0 Å². The number of anilines is 2. The van der Waals surface area contributed by atoms with Gasteiger partial charge in [0.2, 0.25) is 0 Å². The Labute approximate surface area is 196 Å². The predicted molar refractivity (Wildman–Crippen MR) is 120 cm³/mol. The second-order valence-corrected chi connectivity index (χ2v) is 7.89. The molecule has 0 aliphatic carbocycles. The molecule has 2 aliphatic rings. The number of para-hydroxylation sites is 1. The number of rotatable bonds is 4. The summed E-state index contributed by atoms with van der Waals surface area (Å²) >= 11 is 0. The lowest BCUT2D eigenvalue weighted by atomic mass is 10.1. The Morgan fingerprint density at radius 3 is 2.11 bits per heavy atom. The van der Waals surface area contributed by atoms with Crippen molar-refractivity contribution in [3.05, 3.63) is 59.8 Å². The predicted octanol–water partition coefficient (Wildman–Crippen LogP) is 5.41. The summed E-state index contributed by atoms with van der Waals surface area (Å²) in [6, 6.07) is 8.42. The van der Waals surface area contributed by atoms with Gasteiger partial charge in [0.25, 0.3) is 0 Å². The van der Waals surface area contributed by atoms with Crippen molar-refractivity contribution in [2.45, 2.75) is 18.8 Å². The summed E-state index contributed by atoms with van der Waals surface area (Å²) in [5.41, 5.74) is -0.474. The van der Waals surface area contributed by atoms with Crippen LogP contribution in [-0.2, 0) is 6.18 Å². The average molecular weight is 495 g/mol. The second-order valence-electron chi connectivity index (χ2n) is 7.89. The van der Waals surface area contributed by atoms with Gasteiger partial charge in [0, 0.05) is 44.5 Å². The molecule has 12 heteroatoms. The van der Waals surface area contributed by atoms with Crippen molar-refractivity contribution in [3.63, 3.8) is 0 Å². The van der Waals surface area contributed by atoms with E-state index in [0.717, 1.165) is 23.5 Å². The molecule has 1 aromatic carbocycles. The number of amides is 2. The van der Waals surface area contributed by atoms with Gasteiger partial charge in [-0.3, -0.25) is 0 Å². The number of piperazine rings is 1. The molecule has 0 N–H and O–H groups in total. The molecular formula is C23H19F6N5O. The SMILES string of the molecule is O=C1N=C(/C=C/c2ccccc2N2CCN(c3ccc(C(F)(F)F)cn3)CC2)CC(C(F)(F)F)=N1. The minimum absolute atomic E-state index is 0.0367. The average Bonchev–Trinajstić information content (AvgIpc) is 2.82. The Bertz CT molecular complexity index is 1180. The molecule has 1 aromatic heterocycles. The van der Waals surface area contributed by atoms with E-state index in [1.54, 1.807) is 18.2 Å². The maximum atomic E-state index is 13.0. The van der Waals surface area contributed by atoms with E-state index in [9.17, 15) is 31.1 Å². The normalized spacial score (nSPS) is 17.6. The first-order chi connectivity index (χ1) is 16.5. The molecule has 1 saturated heterocycles. The van der Waals surface area contributed by atoms with E-state index in [4.69, 9.17) is 0 Å². The van der Waals surface area contributed by atoms with Gasteiger partial charge in [-0.25, -0.2) is 9.78 Å². The van der Waals surface area contributed by atoms with Crippen LogP contribution in [0.25, 0.3) is 6.08 Å². The molecule has 2 amide bonds. The zero-order chi connectivity index (χ0) is 25.2. The molecule has 184 valence electrons. The Hall–Kier alpha value is -3.70. The van der Waals surface area contributed by atoms with Crippen molar-refractivity contribution in [2.75, 3.05) is 36.0 Å². The van der Waals surface area contributed by atoms with Gasteiger partial charge in [0.05, 0.1) is 11.3 Å². The molecule has 3 heterocycles. The molecule has 2 aliphatic heterocycles. The molecule has 35 heavy (non-hydrogen) atoms. The molecule has 4 rings (SSSR count). The zero-order valence-corrected chi connectivity index (χ0v) is 18.1. The third-order valence-electron chi connectivity index (χ3n) is 5.56. The first kappa shape index (κ1) is 24.4. The zero-order valence-electron chi connectivity index (χ0n) is 18.1. The van der Waals surface area contributed by atoms with Crippen LogP contribution in [0.3, 0.4) is 0 Å². The number of benzene rings is 1. The number of alkyl halides is 6. The number of allylic oxidation sites excluding steroid dienone is 1. The highest BCUT2D eigenvalue weighted by Crippen LogP contribution is 2.30. The highest BCUT2D eigenvalue weighted by molar-refractivity contribution is 6.20. The standard InChI is InChI=1S/C23H19F6N5O/c24-22(25,26)16-6-8-20(30-14-16)34-11-9-33(10-12-34)18-4-2-1-3-15(18)5-7-17-13-19(23(27,28)29)32-21(35)31-17/h1-8,14H,9-13H2/b7-5+. The number of carbonyl (C=O) groups is 1. The van der Waals surface area contributed by atoms with Crippen LogP contribution in [0.2, 0.25) is 0 Å². The topological polar surface area (TPSA) is 61.2 Å². The summed E-state index contributed by atoms with van der Waals surface area (Å²) in [6.45, 7) is 2.14.